The lowest BCUT2D eigenvalue weighted by atomic mass is 10.1. The van der Waals surface area contributed by atoms with E-state index in [0.29, 0.717) is 16.7 Å². The molecule has 0 radical (unpaired) electrons. The molecule has 1 aromatic carbocycles. The molecule has 2 aromatic rings. The van der Waals surface area contributed by atoms with Crippen molar-refractivity contribution in [2.45, 2.75) is 56.6 Å². The number of benzene rings is 1. The van der Waals surface area contributed by atoms with E-state index in [1.54, 1.807) is 30.7 Å². The number of hydrogen-bond donors (Lipinski definition) is 2. The summed E-state index contributed by atoms with van der Waals surface area (Å²) in [5.74, 6) is 0.234. The van der Waals surface area contributed by atoms with Crippen LogP contribution in [0, 0.1) is 0 Å². The highest BCUT2D eigenvalue weighted by Crippen LogP contribution is 2.28. The van der Waals surface area contributed by atoms with Gasteiger partial charge >= 0.3 is 5.97 Å². The molecule has 0 spiro atoms. The van der Waals surface area contributed by atoms with Gasteiger partial charge in [-0.3, -0.25) is 9.59 Å². The highest BCUT2D eigenvalue weighted by atomic mass is 32.2. The number of carbonyl (C=O) groups excluding carboxylic acids is 1. The zero-order valence-electron chi connectivity index (χ0n) is 16.7. The molecule has 28 heavy (non-hydrogen) atoms. The summed E-state index contributed by atoms with van der Waals surface area (Å²) in [6.45, 7) is 7.74. The Morgan fingerprint density at radius 2 is 1.89 bits per heavy atom. The fourth-order valence-electron chi connectivity index (χ4n) is 2.42. The summed E-state index contributed by atoms with van der Waals surface area (Å²) in [5, 5.41) is 20.6. The SMILES string of the molecule is COc1ccc(-c2nnc(SC(C)C(=O)NC(C)(C)C)n2CCC(=O)O)cc1. The first-order valence-electron chi connectivity index (χ1n) is 8.89. The third kappa shape index (κ3) is 5.98. The first-order valence-corrected chi connectivity index (χ1v) is 9.77. The minimum absolute atomic E-state index is 0.0721. The highest BCUT2D eigenvalue weighted by molar-refractivity contribution is 8.00. The number of ether oxygens (including phenoxy) is 1. The number of hydrogen-bond acceptors (Lipinski definition) is 6. The van der Waals surface area contributed by atoms with Crippen molar-refractivity contribution in [1.29, 1.82) is 0 Å². The molecule has 0 fully saturated rings. The Kier molecular flexibility index (Phi) is 7.06. The van der Waals surface area contributed by atoms with E-state index in [0.717, 1.165) is 5.56 Å². The quantitative estimate of drug-likeness (QED) is 0.649. The van der Waals surface area contributed by atoms with E-state index >= 15 is 0 Å². The van der Waals surface area contributed by atoms with Gasteiger partial charge < -0.3 is 19.7 Å². The number of carboxylic acids is 1. The number of aromatic nitrogens is 3. The van der Waals surface area contributed by atoms with Crippen molar-refractivity contribution in [2.75, 3.05) is 7.11 Å². The van der Waals surface area contributed by atoms with Crippen LogP contribution in [-0.2, 0) is 16.1 Å². The first kappa shape index (κ1) is 21.7. The maximum atomic E-state index is 12.4. The Morgan fingerprint density at radius 3 is 2.43 bits per heavy atom. The van der Waals surface area contributed by atoms with E-state index in [-0.39, 0.29) is 24.4 Å². The van der Waals surface area contributed by atoms with Gasteiger partial charge in [0.25, 0.3) is 0 Å². The molecule has 1 atom stereocenters. The van der Waals surface area contributed by atoms with Crippen molar-refractivity contribution in [3.05, 3.63) is 24.3 Å². The summed E-state index contributed by atoms with van der Waals surface area (Å²) >= 11 is 1.25. The number of aliphatic carboxylic acids is 1. The molecule has 1 heterocycles. The van der Waals surface area contributed by atoms with Gasteiger partial charge in [0.2, 0.25) is 5.91 Å². The van der Waals surface area contributed by atoms with Crippen molar-refractivity contribution in [2.24, 2.45) is 0 Å². The molecule has 1 aromatic heterocycles. The smallest absolute Gasteiger partial charge is 0.305 e. The van der Waals surface area contributed by atoms with Gasteiger partial charge in [-0.25, -0.2) is 0 Å². The van der Waals surface area contributed by atoms with Crippen molar-refractivity contribution >= 4 is 23.6 Å². The van der Waals surface area contributed by atoms with E-state index < -0.39 is 11.2 Å². The molecule has 8 nitrogen and oxygen atoms in total. The van der Waals surface area contributed by atoms with Crippen molar-refractivity contribution in [3.63, 3.8) is 0 Å². The van der Waals surface area contributed by atoms with Gasteiger partial charge in [-0.05, 0) is 52.0 Å². The molecular formula is C19H26N4O4S. The summed E-state index contributed by atoms with van der Waals surface area (Å²) < 4.78 is 6.91. The second kappa shape index (κ2) is 9.09. The average molecular weight is 407 g/mol. The minimum Gasteiger partial charge on any atom is -0.497 e. The lowest BCUT2D eigenvalue weighted by Gasteiger charge is -2.23. The number of methoxy groups -OCH3 is 1. The fourth-order valence-corrected chi connectivity index (χ4v) is 3.30. The standard InChI is InChI=1S/C19H26N4O4S/c1-12(17(26)20-19(2,3)4)28-18-22-21-16(23(18)11-10-15(24)25)13-6-8-14(27-5)9-7-13/h6-9,12H,10-11H2,1-5H3,(H,20,26)(H,24,25). The van der Waals surface area contributed by atoms with E-state index in [2.05, 4.69) is 15.5 Å². The van der Waals surface area contributed by atoms with Gasteiger partial charge in [0.05, 0.1) is 18.8 Å². The monoisotopic (exact) mass is 406 g/mol. The lowest BCUT2D eigenvalue weighted by molar-refractivity contribution is -0.137. The van der Waals surface area contributed by atoms with Gasteiger partial charge in [-0.1, -0.05) is 11.8 Å². The molecule has 1 amide bonds. The average Bonchev–Trinajstić information content (AvgIpc) is 3.01. The van der Waals surface area contributed by atoms with E-state index in [1.807, 2.05) is 32.9 Å². The van der Waals surface area contributed by atoms with Crippen molar-refractivity contribution in [3.8, 4) is 17.1 Å². The second-order valence-electron chi connectivity index (χ2n) is 7.33. The summed E-state index contributed by atoms with van der Waals surface area (Å²) in [6, 6.07) is 7.28. The summed E-state index contributed by atoms with van der Waals surface area (Å²) in [5.41, 5.74) is 0.453. The van der Waals surface area contributed by atoms with Crippen LogP contribution >= 0.6 is 11.8 Å². The normalized spacial score (nSPS) is 12.5. The molecule has 0 aliphatic rings. The van der Waals surface area contributed by atoms with Crippen LogP contribution in [-0.4, -0.2) is 49.6 Å². The molecule has 0 bridgehead atoms. The number of carbonyl (C=O) groups is 2. The number of nitrogens with one attached hydrogen (secondary N) is 1. The van der Waals surface area contributed by atoms with E-state index in [1.165, 1.54) is 11.8 Å². The fraction of sp³-hybridized carbons (Fsp3) is 0.474. The molecule has 0 aliphatic heterocycles. The third-order valence-electron chi connectivity index (χ3n) is 3.76. The van der Waals surface area contributed by atoms with Gasteiger partial charge in [0, 0.05) is 17.6 Å². The predicted octanol–water partition coefficient (Wildman–Crippen LogP) is 2.82. The Labute approximate surface area is 168 Å². The van der Waals surface area contributed by atoms with Crippen LogP contribution in [0.3, 0.4) is 0 Å². The van der Waals surface area contributed by atoms with Crippen molar-refractivity contribution < 1.29 is 19.4 Å². The first-order chi connectivity index (χ1) is 13.1. The van der Waals surface area contributed by atoms with E-state index in [9.17, 15) is 9.59 Å². The molecule has 9 heteroatoms. The number of thioether (sulfide) groups is 1. The number of nitrogens with zero attached hydrogens (tertiary/aromatic N) is 3. The van der Waals surface area contributed by atoms with E-state index in [4.69, 9.17) is 9.84 Å². The largest absolute Gasteiger partial charge is 0.497 e. The van der Waals surface area contributed by atoms with Crippen LogP contribution in [0.2, 0.25) is 0 Å². The molecule has 2 rings (SSSR count). The maximum absolute atomic E-state index is 12.4. The van der Waals surface area contributed by atoms with Crippen LogP contribution in [0.15, 0.2) is 29.4 Å². The summed E-state index contributed by atoms with van der Waals surface area (Å²) in [4.78, 5) is 23.5. The Hall–Kier alpha value is -2.55. The molecule has 0 saturated heterocycles. The van der Waals surface area contributed by atoms with Gasteiger partial charge in [0.1, 0.15) is 5.75 Å². The zero-order valence-corrected chi connectivity index (χ0v) is 17.5. The molecule has 0 aliphatic carbocycles. The number of amides is 1. The molecule has 2 N–H and O–H groups in total. The Balaban J connectivity index is 2.29. The molecule has 1 unspecified atom stereocenters. The zero-order chi connectivity index (χ0) is 20.9. The predicted molar refractivity (Wildman–Crippen MR) is 107 cm³/mol. The molecular weight excluding hydrogens is 380 g/mol. The number of rotatable bonds is 8. The van der Waals surface area contributed by atoms with Crippen LogP contribution in [0.4, 0.5) is 0 Å². The Bertz CT molecular complexity index is 827. The van der Waals surface area contributed by atoms with Gasteiger partial charge in [0.15, 0.2) is 11.0 Å². The highest BCUT2D eigenvalue weighted by Gasteiger charge is 2.24. The number of carboxylic acid groups (broad SMARTS) is 1. The van der Waals surface area contributed by atoms with Crippen LogP contribution in [0.1, 0.15) is 34.1 Å². The second-order valence-corrected chi connectivity index (χ2v) is 8.64. The molecule has 152 valence electrons. The molecule has 0 saturated carbocycles. The van der Waals surface area contributed by atoms with Crippen LogP contribution in [0.25, 0.3) is 11.4 Å². The third-order valence-corrected chi connectivity index (χ3v) is 4.84. The van der Waals surface area contributed by atoms with Crippen LogP contribution in [0.5, 0.6) is 5.75 Å². The summed E-state index contributed by atoms with van der Waals surface area (Å²) in [7, 11) is 1.59. The van der Waals surface area contributed by atoms with Crippen molar-refractivity contribution in [1.82, 2.24) is 20.1 Å². The van der Waals surface area contributed by atoms with Gasteiger partial charge in [-0.15, -0.1) is 10.2 Å². The van der Waals surface area contributed by atoms with Crippen LogP contribution < -0.4 is 10.1 Å². The Morgan fingerprint density at radius 1 is 1.25 bits per heavy atom. The topological polar surface area (TPSA) is 106 Å². The lowest BCUT2D eigenvalue weighted by Crippen LogP contribution is -2.44. The summed E-state index contributed by atoms with van der Waals surface area (Å²) in [6.07, 6.45) is -0.0721. The van der Waals surface area contributed by atoms with Gasteiger partial charge in [-0.2, -0.15) is 0 Å². The minimum atomic E-state index is -0.913. The maximum Gasteiger partial charge on any atom is 0.305 e.